The molecule has 0 saturated carbocycles. The van der Waals surface area contributed by atoms with E-state index in [0.717, 1.165) is 11.1 Å². The maximum absolute atomic E-state index is 12.4. The molecule has 21 heavy (non-hydrogen) atoms. The topological polar surface area (TPSA) is 103 Å². The van der Waals surface area contributed by atoms with Crippen LogP contribution < -0.4 is 10.5 Å². The summed E-state index contributed by atoms with van der Waals surface area (Å²) in [5.41, 5.74) is 7.17. The first-order valence-electron chi connectivity index (χ1n) is 6.16. The Morgan fingerprint density at radius 3 is 2.71 bits per heavy atom. The Morgan fingerprint density at radius 1 is 1.43 bits per heavy atom. The third-order valence-corrected chi connectivity index (χ3v) is 5.61. The van der Waals surface area contributed by atoms with Gasteiger partial charge in [-0.3, -0.25) is 4.68 Å². The lowest BCUT2D eigenvalue weighted by Crippen LogP contribution is -2.24. The van der Waals surface area contributed by atoms with Crippen LogP contribution >= 0.6 is 15.9 Å². The number of nitrogens with two attached hydrogens (primary N) is 1. The largest absolute Gasteiger partial charge is 0.326 e. The smallest absolute Gasteiger partial charge is 0.242 e. The zero-order valence-electron chi connectivity index (χ0n) is 11.7. The van der Waals surface area contributed by atoms with E-state index in [-0.39, 0.29) is 18.0 Å². The van der Waals surface area contributed by atoms with Gasteiger partial charge in [-0.25, -0.2) is 18.1 Å². The zero-order valence-corrected chi connectivity index (χ0v) is 14.1. The van der Waals surface area contributed by atoms with E-state index in [0.29, 0.717) is 10.3 Å². The van der Waals surface area contributed by atoms with Crippen LogP contribution in [0.15, 0.2) is 27.8 Å². The molecule has 3 N–H and O–H groups in total. The van der Waals surface area contributed by atoms with Gasteiger partial charge in [-0.15, -0.1) is 0 Å². The highest BCUT2D eigenvalue weighted by Gasteiger charge is 2.20. The highest BCUT2D eigenvalue weighted by Crippen LogP contribution is 2.27. The quantitative estimate of drug-likeness (QED) is 0.807. The average Bonchev–Trinajstić information content (AvgIpc) is 2.85. The highest BCUT2D eigenvalue weighted by atomic mass is 79.9. The van der Waals surface area contributed by atoms with Gasteiger partial charge in [0, 0.05) is 18.1 Å². The lowest BCUT2D eigenvalue weighted by Gasteiger charge is -2.11. The maximum atomic E-state index is 12.4. The molecule has 0 unspecified atom stereocenters. The van der Waals surface area contributed by atoms with Gasteiger partial charge in [0.15, 0.2) is 5.82 Å². The van der Waals surface area contributed by atoms with Crippen molar-refractivity contribution < 1.29 is 8.42 Å². The maximum Gasteiger partial charge on any atom is 0.242 e. The molecule has 114 valence electrons. The number of hydrogen-bond acceptors (Lipinski definition) is 5. The highest BCUT2D eigenvalue weighted by molar-refractivity contribution is 9.10. The van der Waals surface area contributed by atoms with Crippen molar-refractivity contribution in [3.8, 4) is 0 Å². The van der Waals surface area contributed by atoms with Crippen LogP contribution in [0.25, 0.3) is 0 Å². The van der Waals surface area contributed by atoms with E-state index in [1.54, 1.807) is 13.1 Å². The van der Waals surface area contributed by atoms with Crippen LogP contribution in [0.1, 0.15) is 17.0 Å². The predicted molar refractivity (Wildman–Crippen MR) is 81.8 cm³/mol. The predicted octanol–water partition coefficient (Wildman–Crippen LogP) is 0.823. The lowest BCUT2D eigenvalue weighted by molar-refractivity contribution is 0.578. The Labute approximate surface area is 131 Å². The minimum atomic E-state index is -3.68. The molecule has 1 heterocycles. The van der Waals surface area contributed by atoms with Crippen LogP contribution in [0.4, 0.5) is 0 Å². The second-order valence-electron chi connectivity index (χ2n) is 4.59. The summed E-state index contributed by atoms with van der Waals surface area (Å²) < 4.78 is 29.3. The summed E-state index contributed by atoms with van der Waals surface area (Å²) in [6.45, 7) is 2.13. The number of nitrogens with zero attached hydrogens (tertiary/aromatic N) is 3. The lowest BCUT2D eigenvalue weighted by atomic mass is 10.1. The summed E-state index contributed by atoms with van der Waals surface area (Å²) in [5.74, 6) is 0.406. The van der Waals surface area contributed by atoms with Gasteiger partial charge in [0.1, 0.15) is 6.33 Å². The molecule has 0 fully saturated rings. The molecule has 0 saturated heterocycles. The molecule has 2 aromatic rings. The fourth-order valence-electron chi connectivity index (χ4n) is 1.82. The van der Waals surface area contributed by atoms with Crippen molar-refractivity contribution in [2.45, 2.75) is 24.9 Å². The molecule has 7 nitrogen and oxygen atoms in total. The second kappa shape index (κ2) is 6.22. The number of hydrogen-bond donors (Lipinski definition) is 2. The molecule has 1 aromatic heterocycles. The SMILES string of the molecule is Cc1cc(CN)cc(S(=O)(=O)NCc2ncn(C)n2)c1Br. The van der Waals surface area contributed by atoms with Crippen molar-refractivity contribution in [2.24, 2.45) is 12.8 Å². The molecule has 2 rings (SSSR count). The Kier molecular flexibility index (Phi) is 4.77. The first-order valence-corrected chi connectivity index (χ1v) is 8.44. The third-order valence-electron chi connectivity index (χ3n) is 2.87. The van der Waals surface area contributed by atoms with Crippen molar-refractivity contribution in [2.75, 3.05) is 0 Å². The number of aryl methyl sites for hydroxylation is 2. The Hall–Kier alpha value is -1.29. The summed E-state index contributed by atoms with van der Waals surface area (Å²) in [6, 6.07) is 3.41. The van der Waals surface area contributed by atoms with E-state index < -0.39 is 10.0 Å². The first kappa shape index (κ1) is 16.1. The second-order valence-corrected chi connectivity index (χ2v) is 7.12. The molecule has 0 aliphatic heterocycles. The number of rotatable bonds is 5. The van der Waals surface area contributed by atoms with Crippen LogP contribution in [-0.4, -0.2) is 23.2 Å². The Bertz CT molecular complexity index is 757. The fraction of sp³-hybridized carbons (Fsp3) is 0.333. The number of nitrogens with one attached hydrogen (secondary N) is 1. The van der Waals surface area contributed by atoms with Crippen LogP contribution in [0.2, 0.25) is 0 Å². The number of halogens is 1. The molecule has 0 radical (unpaired) electrons. The minimum absolute atomic E-state index is 0.0293. The molecular weight excluding hydrogens is 358 g/mol. The van der Waals surface area contributed by atoms with E-state index >= 15 is 0 Å². The standard InChI is InChI=1S/C12H16BrN5O2S/c1-8-3-9(5-14)4-10(12(8)13)21(19,20)16-6-11-15-7-18(2)17-11/h3-4,7,16H,5-6,14H2,1-2H3. The number of benzene rings is 1. The van der Waals surface area contributed by atoms with Crippen molar-refractivity contribution in [3.05, 3.63) is 39.9 Å². The molecular formula is C12H16BrN5O2S. The fourth-order valence-corrected chi connectivity index (χ4v) is 3.87. The van der Waals surface area contributed by atoms with Crippen LogP contribution in [0.3, 0.4) is 0 Å². The van der Waals surface area contributed by atoms with E-state index in [1.807, 2.05) is 13.0 Å². The van der Waals surface area contributed by atoms with E-state index in [1.165, 1.54) is 11.0 Å². The summed E-state index contributed by atoms with van der Waals surface area (Å²) in [5, 5.41) is 4.03. The summed E-state index contributed by atoms with van der Waals surface area (Å²) in [6.07, 6.45) is 1.51. The van der Waals surface area contributed by atoms with Gasteiger partial charge in [0.2, 0.25) is 10.0 Å². The van der Waals surface area contributed by atoms with Crippen molar-refractivity contribution in [3.63, 3.8) is 0 Å². The van der Waals surface area contributed by atoms with E-state index in [9.17, 15) is 8.42 Å². The Morgan fingerprint density at radius 2 is 2.14 bits per heavy atom. The number of aromatic nitrogens is 3. The van der Waals surface area contributed by atoms with Crippen LogP contribution in [0, 0.1) is 6.92 Å². The Balaban J connectivity index is 2.29. The van der Waals surface area contributed by atoms with Crippen LogP contribution in [0.5, 0.6) is 0 Å². The van der Waals surface area contributed by atoms with Crippen molar-refractivity contribution in [1.82, 2.24) is 19.5 Å². The molecule has 0 aliphatic carbocycles. The molecule has 0 spiro atoms. The van der Waals surface area contributed by atoms with Crippen molar-refractivity contribution >= 4 is 26.0 Å². The monoisotopic (exact) mass is 373 g/mol. The molecule has 0 aliphatic rings. The minimum Gasteiger partial charge on any atom is -0.326 e. The van der Waals surface area contributed by atoms with Gasteiger partial charge in [0.05, 0.1) is 11.4 Å². The van der Waals surface area contributed by atoms with E-state index in [4.69, 9.17) is 5.73 Å². The van der Waals surface area contributed by atoms with Gasteiger partial charge in [0.25, 0.3) is 0 Å². The van der Waals surface area contributed by atoms with Gasteiger partial charge in [-0.1, -0.05) is 6.07 Å². The average molecular weight is 374 g/mol. The van der Waals surface area contributed by atoms with Gasteiger partial charge >= 0.3 is 0 Å². The summed E-state index contributed by atoms with van der Waals surface area (Å²) in [4.78, 5) is 4.15. The first-order chi connectivity index (χ1) is 9.83. The molecule has 0 bridgehead atoms. The molecule has 9 heteroatoms. The summed E-state index contributed by atoms with van der Waals surface area (Å²) >= 11 is 3.31. The number of sulfonamides is 1. The normalized spacial score (nSPS) is 11.8. The van der Waals surface area contributed by atoms with Gasteiger partial charge < -0.3 is 5.73 Å². The van der Waals surface area contributed by atoms with Crippen molar-refractivity contribution in [1.29, 1.82) is 0 Å². The molecule has 1 aromatic carbocycles. The molecule has 0 amide bonds. The molecule has 0 atom stereocenters. The third kappa shape index (κ3) is 3.67. The van der Waals surface area contributed by atoms with Crippen LogP contribution in [-0.2, 0) is 30.2 Å². The summed E-state index contributed by atoms with van der Waals surface area (Å²) in [7, 11) is -1.96. The van der Waals surface area contributed by atoms with Gasteiger partial charge in [-0.2, -0.15) is 5.10 Å². The van der Waals surface area contributed by atoms with E-state index in [2.05, 4.69) is 30.7 Å². The zero-order chi connectivity index (χ0) is 15.6. The van der Waals surface area contributed by atoms with Gasteiger partial charge in [-0.05, 0) is 40.0 Å².